The smallest absolute Gasteiger partial charge is 0.258 e. The number of nitro benzene ring substituents is 1. The van der Waals surface area contributed by atoms with Gasteiger partial charge in [0.1, 0.15) is 5.82 Å². The molecule has 0 aliphatic carbocycles. The van der Waals surface area contributed by atoms with Gasteiger partial charge in [0.15, 0.2) is 14.7 Å². The van der Waals surface area contributed by atoms with Crippen molar-refractivity contribution in [2.24, 2.45) is 0 Å². The Balaban J connectivity index is 3.41. The average Bonchev–Trinajstić information content (AvgIpc) is 2.24. The van der Waals surface area contributed by atoms with Crippen LogP contribution in [0.25, 0.3) is 0 Å². The van der Waals surface area contributed by atoms with Crippen molar-refractivity contribution < 1.29 is 30.5 Å². The van der Waals surface area contributed by atoms with Crippen LogP contribution in [0.15, 0.2) is 17.0 Å². The van der Waals surface area contributed by atoms with Gasteiger partial charge in [-0.15, -0.1) is 0 Å². The van der Waals surface area contributed by atoms with Gasteiger partial charge in [-0.05, 0) is 6.07 Å². The molecule has 0 radical (unpaired) electrons. The minimum atomic E-state index is -4.60. The van der Waals surface area contributed by atoms with E-state index in [-0.39, 0.29) is 12.1 Å². The van der Waals surface area contributed by atoms with E-state index >= 15 is 0 Å². The first-order chi connectivity index (χ1) is 8.94. The number of hydrogen-bond donors (Lipinski definition) is 0. The van der Waals surface area contributed by atoms with Crippen molar-refractivity contribution in [1.29, 1.82) is 0 Å². The standard InChI is InChI=1S/C8H6ClF2NO6S2/c9-20(17,18)2-1-19(15,16)7-4-5(10)3-6(11)8(7)12(13)14/h3-4H,1-2H2. The molecule has 7 nitrogen and oxygen atoms in total. The van der Waals surface area contributed by atoms with Crippen LogP contribution in [0.1, 0.15) is 0 Å². The number of hydrogen-bond acceptors (Lipinski definition) is 6. The summed E-state index contributed by atoms with van der Waals surface area (Å²) in [6.07, 6.45) is 0. The van der Waals surface area contributed by atoms with E-state index in [2.05, 4.69) is 0 Å². The van der Waals surface area contributed by atoms with Crippen molar-refractivity contribution >= 4 is 35.3 Å². The lowest BCUT2D eigenvalue weighted by atomic mass is 10.3. The van der Waals surface area contributed by atoms with Gasteiger partial charge in [0, 0.05) is 16.7 Å². The summed E-state index contributed by atoms with van der Waals surface area (Å²) in [5.74, 6) is -5.21. The predicted octanol–water partition coefficient (Wildman–Crippen LogP) is 1.22. The summed E-state index contributed by atoms with van der Waals surface area (Å²) in [7, 11) is -3.97. The molecule has 20 heavy (non-hydrogen) atoms. The molecule has 0 aliphatic rings. The Kier molecular flexibility index (Phi) is 4.66. The van der Waals surface area contributed by atoms with Crippen LogP contribution in [0.4, 0.5) is 14.5 Å². The lowest BCUT2D eigenvalue weighted by Gasteiger charge is -2.05. The summed E-state index contributed by atoms with van der Waals surface area (Å²) in [4.78, 5) is 8.06. The fourth-order valence-electron chi connectivity index (χ4n) is 1.28. The van der Waals surface area contributed by atoms with Gasteiger partial charge in [0.2, 0.25) is 14.9 Å². The van der Waals surface area contributed by atoms with Crippen molar-refractivity contribution in [3.8, 4) is 0 Å². The molecule has 0 heterocycles. The molecule has 0 aliphatic heterocycles. The zero-order chi connectivity index (χ0) is 15.7. The molecular weight excluding hydrogens is 344 g/mol. The average molecular weight is 350 g/mol. The molecule has 0 amide bonds. The topological polar surface area (TPSA) is 111 Å². The summed E-state index contributed by atoms with van der Waals surface area (Å²) in [6.45, 7) is 0. The highest BCUT2D eigenvalue weighted by molar-refractivity contribution is 8.14. The first kappa shape index (κ1) is 16.7. The van der Waals surface area contributed by atoms with Gasteiger partial charge in [-0.25, -0.2) is 21.2 Å². The number of sulfone groups is 1. The summed E-state index contributed by atoms with van der Waals surface area (Å²) in [5.41, 5.74) is -1.45. The number of nitro groups is 1. The van der Waals surface area contributed by atoms with Gasteiger partial charge in [-0.3, -0.25) is 10.1 Å². The van der Waals surface area contributed by atoms with Crippen LogP contribution < -0.4 is 0 Å². The Morgan fingerprint density at radius 3 is 2.15 bits per heavy atom. The predicted molar refractivity (Wildman–Crippen MR) is 64.7 cm³/mol. The van der Waals surface area contributed by atoms with Crippen molar-refractivity contribution in [2.45, 2.75) is 4.90 Å². The molecule has 0 N–H and O–H groups in total. The molecule has 112 valence electrons. The third-order valence-corrected chi connectivity index (χ3v) is 5.24. The van der Waals surface area contributed by atoms with Crippen LogP contribution in [0.5, 0.6) is 0 Å². The first-order valence-electron chi connectivity index (χ1n) is 4.72. The van der Waals surface area contributed by atoms with Gasteiger partial charge in [-0.1, -0.05) is 0 Å². The third-order valence-electron chi connectivity index (χ3n) is 2.11. The van der Waals surface area contributed by atoms with E-state index in [1.807, 2.05) is 0 Å². The number of benzene rings is 1. The third kappa shape index (κ3) is 4.08. The molecule has 0 fully saturated rings. The highest BCUT2D eigenvalue weighted by atomic mass is 35.7. The van der Waals surface area contributed by atoms with E-state index in [9.17, 15) is 35.7 Å². The molecule has 1 rings (SSSR count). The van der Waals surface area contributed by atoms with Crippen LogP contribution >= 0.6 is 10.7 Å². The molecule has 1 aromatic carbocycles. The summed E-state index contributed by atoms with van der Waals surface area (Å²) in [5, 5.41) is 10.6. The minimum absolute atomic E-state index is 0.148. The highest BCUT2D eigenvalue weighted by Gasteiger charge is 2.31. The van der Waals surface area contributed by atoms with Gasteiger partial charge in [-0.2, -0.15) is 4.39 Å². The van der Waals surface area contributed by atoms with Crippen molar-refractivity contribution in [3.63, 3.8) is 0 Å². The van der Waals surface area contributed by atoms with Crippen molar-refractivity contribution in [1.82, 2.24) is 0 Å². The molecule has 0 bridgehead atoms. The van der Waals surface area contributed by atoms with E-state index in [0.717, 1.165) is 0 Å². The lowest BCUT2D eigenvalue weighted by molar-refractivity contribution is -0.390. The Hall–Kier alpha value is -1.33. The van der Waals surface area contributed by atoms with Crippen molar-refractivity contribution in [3.05, 3.63) is 33.9 Å². The maximum atomic E-state index is 13.3. The van der Waals surface area contributed by atoms with Gasteiger partial charge in [0.25, 0.3) is 0 Å². The molecule has 0 atom stereocenters. The molecule has 1 aromatic rings. The van der Waals surface area contributed by atoms with Crippen LogP contribution in [0.2, 0.25) is 0 Å². The Morgan fingerprint density at radius 2 is 1.70 bits per heavy atom. The molecule has 0 saturated carbocycles. The maximum absolute atomic E-state index is 13.3. The number of halogens is 3. The van der Waals surface area contributed by atoms with Gasteiger partial charge >= 0.3 is 5.69 Å². The van der Waals surface area contributed by atoms with Crippen LogP contribution in [0, 0.1) is 21.7 Å². The molecule has 0 aromatic heterocycles. The molecule has 0 unspecified atom stereocenters. The van der Waals surface area contributed by atoms with E-state index in [1.54, 1.807) is 0 Å². The summed E-state index contributed by atoms with van der Waals surface area (Å²) in [6, 6.07) is 0.396. The van der Waals surface area contributed by atoms with E-state index < -0.39 is 57.5 Å². The first-order valence-corrected chi connectivity index (χ1v) is 8.85. The fourth-order valence-corrected chi connectivity index (χ4v) is 4.50. The second kappa shape index (κ2) is 5.58. The molecule has 12 heteroatoms. The molecule has 0 spiro atoms. The quantitative estimate of drug-likeness (QED) is 0.449. The second-order valence-corrected chi connectivity index (χ2v) is 8.53. The van der Waals surface area contributed by atoms with E-state index in [1.165, 1.54) is 0 Å². The largest absolute Gasteiger partial charge is 0.323 e. The Morgan fingerprint density at radius 1 is 1.15 bits per heavy atom. The summed E-state index contributed by atoms with van der Waals surface area (Å²) >= 11 is 0. The highest BCUT2D eigenvalue weighted by Crippen LogP contribution is 2.29. The van der Waals surface area contributed by atoms with Gasteiger partial charge < -0.3 is 0 Å². The summed E-state index contributed by atoms with van der Waals surface area (Å²) < 4.78 is 71.1. The van der Waals surface area contributed by atoms with Gasteiger partial charge in [0.05, 0.1) is 16.4 Å². The minimum Gasteiger partial charge on any atom is -0.258 e. The monoisotopic (exact) mass is 349 g/mol. The Labute approximate surface area is 116 Å². The number of nitrogens with zero attached hydrogens (tertiary/aromatic N) is 1. The lowest BCUT2D eigenvalue weighted by Crippen LogP contribution is -2.16. The fraction of sp³-hybridized carbons (Fsp3) is 0.250. The van der Waals surface area contributed by atoms with Crippen LogP contribution in [0.3, 0.4) is 0 Å². The molecule has 0 saturated heterocycles. The zero-order valence-electron chi connectivity index (χ0n) is 9.42. The van der Waals surface area contributed by atoms with E-state index in [0.29, 0.717) is 0 Å². The van der Waals surface area contributed by atoms with Crippen LogP contribution in [-0.2, 0) is 18.9 Å². The van der Waals surface area contributed by atoms with Crippen LogP contribution in [-0.4, -0.2) is 33.3 Å². The Bertz CT molecular complexity index is 761. The maximum Gasteiger partial charge on any atom is 0.323 e. The van der Waals surface area contributed by atoms with Crippen molar-refractivity contribution in [2.75, 3.05) is 11.5 Å². The normalized spacial score (nSPS) is 12.3. The number of rotatable bonds is 5. The molecular formula is C8H6ClF2NO6S2. The zero-order valence-corrected chi connectivity index (χ0v) is 11.8. The van der Waals surface area contributed by atoms with E-state index in [4.69, 9.17) is 10.7 Å². The second-order valence-electron chi connectivity index (χ2n) is 3.55. The SMILES string of the molecule is O=[N+]([O-])c1c(F)cc(F)cc1S(=O)(=O)CCS(=O)(=O)Cl.